The molecule has 1 aromatic heterocycles. The summed E-state index contributed by atoms with van der Waals surface area (Å²) in [4.78, 5) is 3.64. The van der Waals surface area contributed by atoms with Crippen LogP contribution in [0.2, 0.25) is 0 Å². The Morgan fingerprint density at radius 2 is 1.93 bits per heavy atom. The third kappa shape index (κ3) is 2.37. The second kappa shape index (κ2) is 5.25. The molecule has 0 aliphatic rings. The summed E-state index contributed by atoms with van der Waals surface area (Å²) in [7, 11) is 2.71. The lowest BCUT2D eigenvalue weighted by Gasteiger charge is -2.13. The van der Waals surface area contributed by atoms with Crippen molar-refractivity contribution >= 4 is 15.9 Å². The third-order valence-electron chi connectivity index (χ3n) is 1.85. The van der Waals surface area contributed by atoms with Gasteiger partial charge in [-0.05, 0) is 0 Å². The SMILES string of the molecule is COc1c(CBr)cnc(C(F)F)c1OC. The summed E-state index contributed by atoms with van der Waals surface area (Å²) < 4.78 is 35.0. The molecule has 0 unspecified atom stereocenters. The average molecular weight is 282 g/mol. The number of alkyl halides is 3. The van der Waals surface area contributed by atoms with Crippen LogP contribution in [0.4, 0.5) is 8.78 Å². The molecule has 0 N–H and O–H groups in total. The van der Waals surface area contributed by atoms with Crippen molar-refractivity contribution in [1.29, 1.82) is 0 Å². The van der Waals surface area contributed by atoms with Gasteiger partial charge in [-0.15, -0.1) is 0 Å². The van der Waals surface area contributed by atoms with Gasteiger partial charge in [0.15, 0.2) is 17.2 Å². The van der Waals surface area contributed by atoms with Gasteiger partial charge in [0, 0.05) is 17.1 Å². The van der Waals surface area contributed by atoms with Gasteiger partial charge in [-0.3, -0.25) is 4.98 Å². The normalized spacial score (nSPS) is 10.5. The predicted molar refractivity (Wildman–Crippen MR) is 54.9 cm³/mol. The monoisotopic (exact) mass is 281 g/mol. The average Bonchev–Trinajstić information content (AvgIpc) is 2.26. The Morgan fingerprint density at radius 3 is 2.33 bits per heavy atom. The van der Waals surface area contributed by atoms with Crippen molar-refractivity contribution in [1.82, 2.24) is 4.98 Å². The fourth-order valence-corrected chi connectivity index (χ4v) is 1.60. The van der Waals surface area contributed by atoms with Crippen molar-refractivity contribution in [2.75, 3.05) is 14.2 Å². The zero-order valence-corrected chi connectivity index (χ0v) is 9.85. The largest absolute Gasteiger partial charge is 0.492 e. The molecule has 0 aliphatic carbocycles. The second-order valence-electron chi connectivity index (χ2n) is 2.67. The van der Waals surface area contributed by atoms with E-state index in [4.69, 9.17) is 9.47 Å². The lowest BCUT2D eigenvalue weighted by Crippen LogP contribution is -2.02. The van der Waals surface area contributed by atoms with Crippen molar-refractivity contribution in [3.8, 4) is 11.5 Å². The van der Waals surface area contributed by atoms with Gasteiger partial charge in [-0.2, -0.15) is 0 Å². The second-order valence-corrected chi connectivity index (χ2v) is 3.23. The van der Waals surface area contributed by atoms with Crippen LogP contribution in [-0.4, -0.2) is 19.2 Å². The van der Waals surface area contributed by atoms with E-state index in [0.717, 1.165) is 0 Å². The van der Waals surface area contributed by atoms with Crippen molar-refractivity contribution in [3.63, 3.8) is 0 Å². The zero-order valence-electron chi connectivity index (χ0n) is 8.26. The molecule has 0 spiro atoms. The predicted octanol–water partition coefficient (Wildman–Crippen LogP) is 2.93. The molecular weight excluding hydrogens is 272 g/mol. The van der Waals surface area contributed by atoms with E-state index in [1.807, 2.05) is 0 Å². The topological polar surface area (TPSA) is 31.4 Å². The maximum Gasteiger partial charge on any atom is 0.284 e. The number of rotatable bonds is 4. The smallest absolute Gasteiger partial charge is 0.284 e. The number of nitrogens with zero attached hydrogens (tertiary/aromatic N) is 1. The highest BCUT2D eigenvalue weighted by molar-refractivity contribution is 9.08. The molecule has 1 aromatic rings. The Balaban J connectivity index is 3.34. The van der Waals surface area contributed by atoms with Crippen LogP contribution in [-0.2, 0) is 5.33 Å². The van der Waals surface area contributed by atoms with Gasteiger partial charge < -0.3 is 9.47 Å². The van der Waals surface area contributed by atoms with Crippen molar-refractivity contribution < 1.29 is 18.3 Å². The van der Waals surface area contributed by atoms with Crippen LogP contribution >= 0.6 is 15.9 Å². The lowest BCUT2D eigenvalue weighted by molar-refractivity contribution is 0.140. The molecule has 1 rings (SSSR count). The molecule has 15 heavy (non-hydrogen) atoms. The van der Waals surface area contributed by atoms with E-state index in [2.05, 4.69) is 20.9 Å². The molecule has 1 heterocycles. The standard InChI is InChI=1S/C9H10BrF2NO2/c1-14-7-5(3-10)4-13-6(9(11)12)8(7)15-2/h4,9H,3H2,1-2H3. The first-order chi connectivity index (χ1) is 7.15. The quantitative estimate of drug-likeness (QED) is 0.796. The van der Waals surface area contributed by atoms with Gasteiger partial charge in [-0.1, -0.05) is 15.9 Å². The number of methoxy groups -OCH3 is 2. The summed E-state index contributed by atoms with van der Waals surface area (Å²) in [6.45, 7) is 0. The van der Waals surface area contributed by atoms with Gasteiger partial charge in [-0.25, -0.2) is 8.78 Å². The van der Waals surface area contributed by atoms with Crippen LogP contribution in [0.5, 0.6) is 11.5 Å². The van der Waals surface area contributed by atoms with E-state index in [1.54, 1.807) is 0 Å². The molecule has 6 heteroatoms. The van der Waals surface area contributed by atoms with Gasteiger partial charge in [0.1, 0.15) is 0 Å². The molecule has 84 valence electrons. The maximum atomic E-state index is 12.6. The van der Waals surface area contributed by atoms with Crippen LogP contribution in [0.3, 0.4) is 0 Å². The number of pyridine rings is 1. The highest BCUT2D eigenvalue weighted by Crippen LogP contribution is 2.38. The first-order valence-electron chi connectivity index (χ1n) is 4.09. The molecule has 0 bridgehead atoms. The van der Waals surface area contributed by atoms with Crippen molar-refractivity contribution in [3.05, 3.63) is 17.5 Å². The summed E-state index contributed by atoms with van der Waals surface area (Å²) in [6, 6.07) is 0. The third-order valence-corrected chi connectivity index (χ3v) is 2.45. The zero-order chi connectivity index (χ0) is 11.4. The van der Waals surface area contributed by atoms with E-state index in [-0.39, 0.29) is 5.75 Å². The number of halogens is 3. The Bertz CT molecular complexity index is 347. The van der Waals surface area contributed by atoms with Gasteiger partial charge in [0.2, 0.25) is 0 Å². The highest BCUT2D eigenvalue weighted by Gasteiger charge is 2.22. The molecular formula is C9H10BrF2NO2. The summed E-state index contributed by atoms with van der Waals surface area (Å²) in [5, 5.41) is 0.461. The van der Waals surface area contributed by atoms with E-state index in [0.29, 0.717) is 16.6 Å². The highest BCUT2D eigenvalue weighted by atomic mass is 79.9. The Morgan fingerprint density at radius 1 is 1.33 bits per heavy atom. The molecule has 0 radical (unpaired) electrons. The van der Waals surface area contributed by atoms with Gasteiger partial charge in [0.25, 0.3) is 6.43 Å². The molecule has 0 aliphatic heterocycles. The van der Waals surface area contributed by atoms with Gasteiger partial charge >= 0.3 is 0 Å². The Kier molecular flexibility index (Phi) is 4.26. The molecule has 0 saturated carbocycles. The molecule has 0 atom stereocenters. The van der Waals surface area contributed by atoms with Crippen molar-refractivity contribution in [2.45, 2.75) is 11.8 Å². The summed E-state index contributed by atoms with van der Waals surface area (Å²) in [5.74, 6) is 0.282. The Hall–Kier alpha value is -0.910. The fraction of sp³-hybridized carbons (Fsp3) is 0.444. The van der Waals surface area contributed by atoms with E-state index in [1.165, 1.54) is 20.4 Å². The molecule has 0 amide bonds. The number of ether oxygens (including phenoxy) is 2. The van der Waals surface area contributed by atoms with E-state index >= 15 is 0 Å². The molecule has 0 fully saturated rings. The van der Waals surface area contributed by atoms with Crippen LogP contribution in [0, 0.1) is 0 Å². The van der Waals surface area contributed by atoms with Crippen LogP contribution in [0.25, 0.3) is 0 Å². The van der Waals surface area contributed by atoms with Crippen molar-refractivity contribution in [2.24, 2.45) is 0 Å². The van der Waals surface area contributed by atoms with E-state index < -0.39 is 12.1 Å². The molecule has 0 aromatic carbocycles. The fourth-order valence-electron chi connectivity index (χ4n) is 1.20. The number of hydrogen-bond acceptors (Lipinski definition) is 3. The number of aromatic nitrogens is 1. The first kappa shape index (κ1) is 12.2. The van der Waals surface area contributed by atoms with Crippen LogP contribution < -0.4 is 9.47 Å². The maximum absolute atomic E-state index is 12.6. The molecule has 0 saturated heterocycles. The minimum Gasteiger partial charge on any atom is -0.492 e. The summed E-state index contributed by atoms with van der Waals surface area (Å²) in [6.07, 6.45) is -1.34. The lowest BCUT2D eigenvalue weighted by atomic mass is 10.2. The van der Waals surface area contributed by atoms with Crippen LogP contribution in [0.15, 0.2) is 6.20 Å². The summed E-state index contributed by atoms with van der Waals surface area (Å²) >= 11 is 3.21. The molecule has 3 nitrogen and oxygen atoms in total. The van der Waals surface area contributed by atoms with Gasteiger partial charge in [0.05, 0.1) is 14.2 Å². The van der Waals surface area contributed by atoms with Crippen LogP contribution in [0.1, 0.15) is 17.7 Å². The minimum atomic E-state index is -2.68. The van der Waals surface area contributed by atoms with E-state index in [9.17, 15) is 8.78 Å². The Labute approximate surface area is 94.5 Å². The number of hydrogen-bond donors (Lipinski definition) is 0. The minimum absolute atomic E-state index is 0.00977. The first-order valence-corrected chi connectivity index (χ1v) is 5.21. The summed E-state index contributed by atoms with van der Waals surface area (Å²) in [5.41, 5.74) is 0.262.